The van der Waals surface area contributed by atoms with Crippen molar-refractivity contribution in [1.82, 2.24) is 4.90 Å². The van der Waals surface area contributed by atoms with Crippen molar-refractivity contribution in [1.29, 1.82) is 0 Å². The van der Waals surface area contributed by atoms with Gasteiger partial charge in [-0.2, -0.15) is 0 Å². The molecule has 3 aromatic carbocycles. The minimum absolute atomic E-state index is 0.0664. The summed E-state index contributed by atoms with van der Waals surface area (Å²) in [6, 6.07) is 16.1. The smallest absolute Gasteiger partial charge is 0.263 e. The summed E-state index contributed by atoms with van der Waals surface area (Å²) >= 11 is 0. The number of hydrogen-bond acceptors (Lipinski definition) is 7. The molecule has 3 aromatic rings. The summed E-state index contributed by atoms with van der Waals surface area (Å²) in [6.07, 6.45) is 0.592. The minimum atomic E-state index is -0.582. The largest absolute Gasteiger partial charge is 0.497 e. The Bertz CT molecular complexity index is 1320. The van der Waals surface area contributed by atoms with E-state index in [1.165, 1.54) is 14.2 Å². The van der Waals surface area contributed by atoms with E-state index in [9.17, 15) is 9.59 Å². The van der Waals surface area contributed by atoms with Crippen LogP contribution in [0.2, 0.25) is 0 Å². The topological polar surface area (TPSA) is 95.6 Å². The third kappa shape index (κ3) is 6.37. The Hall–Kier alpha value is -4.40. The Morgan fingerprint density at radius 3 is 2.28 bits per heavy atom. The molecule has 0 aromatic heterocycles. The number of hydrogen-bond donors (Lipinski definition) is 1. The van der Waals surface area contributed by atoms with E-state index in [4.69, 9.17) is 23.7 Å². The zero-order valence-corrected chi connectivity index (χ0v) is 22.9. The molecule has 1 aliphatic heterocycles. The van der Waals surface area contributed by atoms with E-state index in [1.54, 1.807) is 49.5 Å². The van der Waals surface area contributed by atoms with Crippen LogP contribution in [-0.2, 0) is 17.8 Å². The van der Waals surface area contributed by atoms with Crippen molar-refractivity contribution in [3.8, 4) is 28.7 Å². The molecule has 1 heterocycles. The first-order valence-corrected chi connectivity index (χ1v) is 12.7. The van der Waals surface area contributed by atoms with Gasteiger partial charge in [0.25, 0.3) is 11.8 Å². The summed E-state index contributed by atoms with van der Waals surface area (Å²) in [7, 11) is 6.26. The Labute approximate surface area is 228 Å². The first kappa shape index (κ1) is 27.6. The summed E-state index contributed by atoms with van der Waals surface area (Å²) < 4.78 is 27.4. The summed E-state index contributed by atoms with van der Waals surface area (Å²) in [4.78, 5) is 28.1. The number of carbonyl (C=O) groups is 2. The third-order valence-corrected chi connectivity index (χ3v) is 6.64. The molecule has 0 radical (unpaired) electrons. The van der Waals surface area contributed by atoms with E-state index in [0.29, 0.717) is 65.9 Å². The molecule has 9 heteroatoms. The first-order valence-electron chi connectivity index (χ1n) is 12.7. The number of fused-ring (bicyclic) bond motifs is 1. The standard InChI is InChI=1S/C30H34N2O7/c1-6-25-30(34)32(12-11-19-7-9-27(37-4)28(13-19)38-5)18-21-14-22(8-10-26(21)39-25)31-29(33)20-15-23(35-2)17-24(16-20)36-3/h7-10,13-17,25H,6,11-12,18H2,1-5H3,(H,31,33)/t25-/m1/s1. The zero-order valence-electron chi connectivity index (χ0n) is 22.9. The van der Waals surface area contributed by atoms with E-state index < -0.39 is 6.10 Å². The Kier molecular flexibility index (Phi) is 8.81. The number of nitrogens with one attached hydrogen (secondary N) is 1. The molecule has 0 bridgehead atoms. The van der Waals surface area contributed by atoms with Gasteiger partial charge in [-0.25, -0.2) is 0 Å². The number of nitrogens with zero attached hydrogens (tertiary/aromatic N) is 1. The molecule has 9 nitrogen and oxygen atoms in total. The summed E-state index contributed by atoms with van der Waals surface area (Å²) in [5.41, 5.74) is 2.82. The average molecular weight is 535 g/mol. The van der Waals surface area contributed by atoms with Crippen LogP contribution in [-0.4, -0.2) is 57.8 Å². The van der Waals surface area contributed by atoms with Gasteiger partial charge in [0.05, 0.1) is 28.4 Å². The van der Waals surface area contributed by atoms with Gasteiger partial charge in [0, 0.05) is 36.0 Å². The maximum atomic E-state index is 13.3. The molecule has 1 atom stereocenters. The van der Waals surface area contributed by atoms with E-state index in [2.05, 4.69) is 5.32 Å². The molecule has 206 valence electrons. The quantitative estimate of drug-likeness (QED) is 0.402. The van der Waals surface area contributed by atoms with Crippen molar-refractivity contribution in [3.05, 3.63) is 71.3 Å². The lowest BCUT2D eigenvalue weighted by Gasteiger charge is -2.23. The third-order valence-electron chi connectivity index (χ3n) is 6.64. The minimum Gasteiger partial charge on any atom is -0.497 e. The van der Waals surface area contributed by atoms with Gasteiger partial charge in [0.1, 0.15) is 17.2 Å². The Balaban J connectivity index is 1.54. The highest BCUT2D eigenvalue weighted by atomic mass is 16.5. The highest BCUT2D eigenvalue weighted by Gasteiger charge is 2.30. The predicted octanol–water partition coefficient (Wildman–Crippen LogP) is 4.72. The molecule has 0 spiro atoms. The maximum Gasteiger partial charge on any atom is 0.263 e. The van der Waals surface area contributed by atoms with Crippen molar-refractivity contribution in [2.24, 2.45) is 0 Å². The van der Waals surface area contributed by atoms with Crippen LogP contribution in [0, 0.1) is 0 Å². The first-order chi connectivity index (χ1) is 18.9. The molecule has 2 amide bonds. The van der Waals surface area contributed by atoms with Crippen LogP contribution < -0.4 is 29.0 Å². The number of rotatable bonds is 10. The van der Waals surface area contributed by atoms with Crippen LogP contribution in [0.1, 0.15) is 34.8 Å². The van der Waals surface area contributed by atoms with Gasteiger partial charge in [-0.15, -0.1) is 0 Å². The van der Waals surface area contributed by atoms with Crippen LogP contribution in [0.3, 0.4) is 0 Å². The molecule has 0 saturated heterocycles. The van der Waals surface area contributed by atoms with Gasteiger partial charge in [-0.05, 0) is 60.9 Å². The van der Waals surface area contributed by atoms with Crippen LogP contribution >= 0.6 is 0 Å². The average Bonchev–Trinajstić information content (AvgIpc) is 3.10. The summed E-state index contributed by atoms with van der Waals surface area (Å²) in [5.74, 6) is 2.59. The zero-order chi connectivity index (χ0) is 27.9. The molecule has 0 fully saturated rings. The van der Waals surface area contributed by atoms with Crippen molar-refractivity contribution >= 4 is 17.5 Å². The molecule has 39 heavy (non-hydrogen) atoms. The summed E-state index contributed by atoms with van der Waals surface area (Å²) in [5, 5.41) is 2.93. The van der Waals surface area contributed by atoms with Crippen LogP contribution in [0.5, 0.6) is 28.7 Å². The van der Waals surface area contributed by atoms with Gasteiger partial charge >= 0.3 is 0 Å². The molecule has 4 rings (SSSR count). The van der Waals surface area contributed by atoms with Gasteiger partial charge < -0.3 is 33.9 Å². The molecular formula is C30H34N2O7. The van der Waals surface area contributed by atoms with Gasteiger partial charge in [0.2, 0.25) is 0 Å². The molecule has 1 aliphatic rings. The monoisotopic (exact) mass is 534 g/mol. The van der Waals surface area contributed by atoms with E-state index in [0.717, 1.165) is 11.1 Å². The van der Waals surface area contributed by atoms with Gasteiger partial charge in [0.15, 0.2) is 17.6 Å². The lowest BCUT2D eigenvalue weighted by Crippen LogP contribution is -2.40. The van der Waals surface area contributed by atoms with Crippen molar-refractivity contribution in [3.63, 3.8) is 0 Å². The molecule has 0 saturated carbocycles. The second-order valence-corrected chi connectivity index (χ2v) is 9.09. The fraction of sp³-hybridized carbons (Fsp3) is 0.333. The van der Waals surface area contributed by atoms with Crippen molar-refractivity contribution in [2.75, 3.05) is 40.3 Å². The second kappa shape index (κ2) is 12.4. The van der Waals surface area contributed by atoms with Crippen molar-refractivity contribution in [2.45, 2.75) is 32.4 Å². The lowest BCUT2D eigenvalue weighted by molar-refractivity contribution is -0.138. The SMILES string of the molecule is CC[C@H]1Oc2ccc(NC(=O)c3cc(OC)cc(OC)c3)cc2CN(CCc2ccc(OC)c(OC)c2)C1=O. The number of ether oxygens (including phenoxy) is 5. The van der Waals surface area contributed by atoms with E-state index >= 15 is 0 Å². The molecule has 0 aliphatic carbocycles. The number of methoxy groups -OCH3 is 4. The fourth-order valence-electron chi connectivity index (χ4n) is 4.48. The number of benzene rings is 3. The van der Waals surface area contributed by atoms with Crippen LogP contribution in [0.25, 0.3) is 0 Å². The van der Waals surface area contributed by atoms with Gasteiger partial charge in [-0.3, -0.25) is 9.59 Å². The Morgan fingerprint density at radius 2 is 1.64 bits per heavy atom. The number of carbonyl (C=O) groups excluding carboxylic acids is 2. The van der Waals surface area contributed by atoms with E-state index in [-0.39, 0.29) is 11.8 Å². The lowest BCUT2D eigenvalue weighted by atomic mass is 10.1. The highest BCUT2D eigenvalue weighted by Crippen LogP contribution is 2.31. The number of anilines is 1. The highest BCUT2D eigenvalue weighted by molar-refractivity contribution is 6.05. The number of amides is 2. The van der Waals surface area contributed by atoms with Crippen LogP contribution in [0.4, 0.5) is 5.69 Å². The molecule has 0 unspecified atom stereocenters. The fourth-order valence-corrected chi connectivity index (χ4v) is 4.48. The van der Waals surface area contributed by atoms with Gasteiger partial charge in [-0.1, -0.05) is 13.0 Å². The normalized spacial score (nSPS) is 14.5. The molecular weight excluding hydrogens is 500 g/mol. The second-order valence-electron chi connectivity index (χ2n) is 9.09. The summed E-state index contributed by atoms with van der Waals surface area (Å²) in [6.45, 7) is 2.78. The van der Waals surface area contributed by atoms with E-state index in [1.807, 2.05) is 31.2 Å². The molecule has 1 N–H and O–H groups in total. The Morgan fingerprint density at radius 1 is 0.923 bits per heavy atom. The maximum absolute atomic E-state index is 13.3. The van der Waals surface area contributed by atoms with Crippen molar-refractivity contribution < 1.29 is 33.3 Å². The predicted molar refractivity (Wildman–Crippen MR) is 147 cm³/mol. The van der Waals surface area contributed by atoms with Crippen LogP contribution in [0.15, 0.2) is 54.6 Å².